The number of nitrogens with zero attached hydrogens (tertiary/aromatic N) is 2. The topological polar surface area (TPSA) is 55.1 Å². The van der Waals surface area contributed by atoms with Crippen molar-refractivity contribution in [2.45, 2.75) is 26.8 Å². The van der Waals surface area contributed by atoms with E-state index < -0.39 is 5.97 Å². The summed E-state index contributed by atoms with van der Waals surface area (Å²) < 4.78 is 1.67. The van der Waals surface area contributed by atoms with Crippen molar-refractivity contribution in [1.82, 2.24) is 9.78 Å². The van der Waals surface area contributed by atoms with Crippen LogP contribution in [0.15, 0.2) is 30.6 Å². The Morgan fingerprint density at radius 3 is 2.89 bits per heavy atom. The zero-order valence-electron chi connectivity index (χ0n) is 10.6. The fourth-order valence-corrected chi connectivity index (χ4v) is 1.88. The lowest BCUT2D eigenvalue weighted by Crippen LogP contribution is -2.04. The number of rotatable bonds is 4. The van der Waals surface area contributed by atoms with E-state index in [1.807, 2.05) is 6.20 Å². The smallest absolute Gasteiger partial charge is 0.305 e. The first-order valence-electron chi connectivity index (χ1n) is 5.88. The van der Waals surface area contributed by atoms with Crippen molar-refractivity contribution in [3.05, 3.63) is 41.7 Å². The van der Waals surface area contributed by atoms with Crippen molar-refractivity contribution < 1.29 is 9.90 Å². The van der Waals surface area contributed by atoms with Crippen molar-refractivity contribution in [3.63, 3.8) is 0 Å². The molecule has 0 fully saturated rings. The molecule has 0 radical (unpaired) electrons. The Bertz CT molecular complexity index is 573. The minimum atomic E-state index is -0.807. The number of benzene rings is 1. The second-order valence-electron chi connectivity index (χ2n) is 4.45. The van der Waals surface area contributed by atoms with Crippen molar-refractivity contribution in [2.75, 3.05) is 0 Å². The molecule has 0 aliphatic heterocycles. The fourth-order valence-electron chi connectivity index (χ4n) is 1.88. The van der Waals surface area contributed by atoms with E-state index in [2.05, 4.69) is 37.1 Å². The number of hydrogen-bond acceptors (Lipinski definition) is 2. The molecule has 4 nitrogen and oxygen atoms in total. The third kappa shape index (κ3) is 2.77. The Kier molecular flexibility index (Phi) is 3.46. The summed E-state index contributed by atoms with van der Waals surface area (Å²) in [6.45, 7) is 4.52. The Labute approximate surface area is 106 Å². The van der Waals surface area contributed by atoms with Crippen LogP contribution in [0.2, 0.25) is 0 Å². The van der Waals surface area contributed by atoms with E-state index in [-0.39, 0.29) is 6.42 Å². The molecule has 0 atom stereocenters. The van der Waals surface area contributed by atoms with Crippen LogP contribution in [0.25, 0.3) is 11.1 Å². The van der Waals surface area contributed by atoms with E-state index >= 15 is 0 Å². The standard InChI is InChI=1S/C14H16N2O2/c1-10-3-4-11(2)13(7-10)12-8-15-16(9-12)6-5-14(17)18/h3-4,7-9H,5-6H2,1-2H3,(H,17,18). The van der Waals surface area contributed by atoms with Gasteiger partial charge in [0.15, 0.2) is 0 Å². The second-order valence-corrected chi connectivity index (χ2v) is 4.45. The van der Waals surface area contributed by atoms with Crippen LogP contribution in [0.1, 0.15) is 17.5 Å². The molecule has 94 valence electrons. The molecule has 0 amide bonds. The third-order valence-electron chi connectivity index (χ3n) is 2.89. The van der Waals surface area contributed by atoms with Crippen LogP contribution >= 0.6 is 0 Å². The van der Waals surface area contributed by atoms with Crippen LogP contribution in [-0.2, 0) is 11.3 Å². The molecule has 1 N–H and O–H groups in total. The third-order valence-corrected chi connectivity index (χ3v) is 2.89. The zero-order chi connectivity index (χ0) is 13.1. The quantitative estimate of drug-likeness (QED) is 0.899. The van der Waals surface area contributed by atoms with E-state index in [1.54, 1.807) is 10.9 Å². The highest BCUT2D eigenvalue weighted by Gasteiger charge is 2.06. The highest BCUT2D eigenvalue weighted by atomic mass is 16.4. The molecule has 4 heteroatoms. The lowest BCUT2D eigenvalue weighted by Gasteiger charge is -2.04. The first-order valence-corrected chi connectivity index (χ1v) is 5.88. The summed E-state index contributed by atoms with van der Waals surface area (Å²) in [5.74, 6) is -0.807. The van der Waals surface area contributed by atoms with Gasteiger partial charge in [0.05, 0.1) is 19.2 Å². The van der Waals surface area contributed by atoms with Crippen LogP contribution < -0.4 is 0 Å². The SMILES string of the molecule is Cc1ccc(C)c(-c2cnn(CCC(=O)O)c2)c1. The van der Waals surface area contributed by atoms with Crippen molar-refractivity contribution in [1.29, 1.82) is 0 Å². The number of carboxylic acids is 1. The molecule has 0 spiro atoms. The molecular formula is C14H16N2O2. The first-order chi connectivity index (χ1) is 8.56. The summed E-state index contributed by atoms with van der Waals surface area (Å²) in [6.07, 6.45) is 3.77. The Morgan fingerprint density at radius 2 is 2.17 bits per heavy atom. The minimum absolute atomic E-state index is 0.0912. The van der Waals surface area contributed by atoms with E-state index in [1.165, 1.54) is 11.1 Å². The van der Waals surface area contributed by atoms with Gasteiger partial charge in [0, 0.05) is 11.8 Å². The molecule has 0 unspecified atom stereocenters. The average molecular weight is 244 g/mol. The molecule has 0 aliphatic rings. The molecule has 1 heterocycles. The Balaban J connectivity index is 2.23. The maximum absolute atomic E-state index is 10.5. The first kappa shape index (κ1) is 12.4. The molecule has 1 aromatic heterocycles. The van der Waals surface area contributed by atoms with Gasteiger partial charge in [0.2, 0.25) is 0 Å². The van der Waals surface area contributed by atoms with Gasteiger partial charge >= 0.3 is 5.97 Å². The van der Waals surface area contributed by atoms with Crippen LogP contribution in [0.4, 0.5) is 0 Å². The summed E-state index contributed by atoms with van der Waals surface area (Å²) in [7, 11) is 0. The van der Waals surface area contributed by atoms with Gasteiger partial charge in [-0.1, -0.05) is 23.8 Å². The van der Waals surface area contributed by atoms with Gasteiger partial charge in [-0.3, -0.25) is 9.48 Å². The maximum Gasteiger partial charge on any atom is 0.305 e. The van der Waals surface area contributed by atoms with Crippen LogP contribution in [0, 0.1) is 13.8 Å². The number of carboxylic acid groups (broad SMARTS) is 1. The van der Waals surface area contributed by atoms with Crippen LogP contribution in [0.3, 0.4) is 0 Å². The lowest BCUT2D eigenvalue weighted by atomic mass is 10.0. The van der Waals surface area contributed by atoms with E-state index in [0.29, 0.717) is 6.54 Å². The number of carbonyl (C=O) groups is 1. The summed E-state index contributed by atoms with van der Waals surface area (Å²) in [5, 5.41) is 12.8. The second kappa shape index (κ2) is 5.04. The van der Waals surface area contributed by atoms with Crippen LogP contribution in [0.5, 0.6) is 0 Å². The highest BCUT2D eigenvalue weighted by molar-refractivity contribution is 5.67. The molecule has 0 aliphatic carbocycles. The van der Waals surface area contributed by atoms with Gasteiger partial charge in [-0.2, -0.15) is 5.10 Å². The molecule has 1 aromatic carbocycles. The minimum Gasteiger partial charge on any atom is -0.481 e. The van der Waals surface area contributed by atoms with Gasteiger partial charge in [-0.15, -0.1) is 0 Å². The number of hydrogen-bond donors (Lipinski definition) is 1. The van der Waals surface area contributed by atoms with E-state index in [4.69, 9.17) is 5.11 Å². The summed E-state index contributed by atoms with van der Waals surface area (Å²) in [6, 6.07) is 6.28. The molecule has 2 aromatic rings. The number of aromatic nitrogens is 2. The normalized spacial score (nSPS) is 10.6. The molecule has 18 heavy (non-hydrogen) atoms. The number of aryl methyl sites for hydroxylation is 3. The summed E-state index contributed by atoms with van der Waals surface area (Å²) in [5.41, 5.74) is 4.57. The van der Waals surface area contributed by atoms with Gasteiger partial charge in [-0.05, 0) is 25.0 Å². The van der Waals surface area contributed by atoms with Crippen molar-refractivity contribution in [3.8, 4) is 11.1 Å². The summed E-state index contributed by atoms with van der Waals surface area (Å²) >= 11 is 0. The highest BCUT2D eigenvalue weighted by Crippen LogP contribution is 2.23. The largest absolute Gasteiger partial charge is 0.481 e. The molecule has 2 rings (SSSR count). The Morgan fingerprint density at radius 1 is 1.39 bits per heavy atom. The maximum atomic E-state index is 10.5. The Hall–Kier alpha value is -2.10. The number of aliphatic carboxylic acids is 1. The van der Waals surface area contributed by atoms with E-state index in [9.17, 15) is 4.79 Å². The predicted molar refractivity (Wildman–Crippen MR) is 69.4 cm³/mol. The zero-order valence-corrected chi connectivity index (χ0v) is 10.6. The predicted octanol–water partition coefficient (Wildman–Crippen LogP) is 2.64. The van der Waals surface area contributed by atoms with E-state index in [0.717, 1.165) is 11.1 Å². The molecule has 0 saturated heterocycles. The fraction of sp³-hybridized carbons (Fsp3) is 0.286. The molecular weight excluding hydrogens is 228 g/mol. The molecule has 0 bridgehead atoms. The monoisotopic (exact) mass is 244 g/mol. The van der Waals surface area contributed by atoms with Crippen molar-refractivity contribution in [2.24, 2.45) is 0 Å². The van der Waals surface area contributed by atoms with Gasteiger partial charge < -0.3 is 5.11 Å². The molecule has 0 saturated carbocycles. The summed E-state index contributed by atoms with van der Waals surface area (Å²) in [4.78, 5) is 10.5. The average Bonchev–Trinajstić information content (AvgIpc) is 2.78. The van der Waals surface area contributed by atoms with Crippen molar-refractivity contribution >= 4 is 5.97 Å². The van der Waals surface area contributed by atoms with Gasteiger partial charge in [-0.25, -0.2) is 0 Å². The van der Waals surface area contributed by atoms with Gasteiger partial charge in [0.25, 0.3) is 0 Å². The van der Waals surface area contributed by atoms with Gasteiger partial charge in [0.1, 0.15) is 0 Å². The lowest BCUT2D eigenvalue weighted by molar-refractivity contribution is -0.137. The van der Waals surface area contributed by atoms with Crippen LogP contribution in [-0.4, -0.2) is 20.9 Å².